The first-order valence-electron chi connectivity index (χ1n) is 9.84. The monoisotopic (exact) mass is 437 g/mol. The fraction of sp³-hybridized carbons (Fsp3) is 0.160. The first-order chi connectivity index (χ1) is 14.6. The quantitative estimate of drug-likeness (QED) is 0.424. The number of benzene rings is 3. The highest BCUT2D eigenvalue weighted by atomic mass is 35.5. The molecule has 3 aromatic carbocycles. The van der Waals surface area contributed by atoms with Gasteiger partial charge in [-0.05, 0) is 46.4 Å². The van der Waals surface area contributed by atoms with E-state index in [0.29, 0.717) is 29.6 Å². The van der Waals surface area contributed by atoms with Crippen LogP contribution >= 0.6 is 23.2 Å². The van der Waals surface area contributed by atoms with Crippen molar-refractivity contribution in [3.63, 3.8) is 0 Å². The molecule has 0 spiro atoms. The summed E-state index contributed by atoms with van der Waals surface area (Å²) in [6, 6.07) is 21.9. The molecule has 0 bridgehead atoms. The van der Waals surface area contributed by atoms with Gasteiger partial charge in [0.1, 0.15) is 6.61 Å². The zero-order valence-electron chi connectivity index (χ0n) is 16.3. The highest BCUT2D eigenvalue weighted by molar-refractivity contribution is 6.35. The number of carbonyl (C=O) groups excluding carboxylic acids is 1. The molecule has 3 nitrogen and oxygen atoms in total. The van der Waals surface area contributed by atoms with Crippen molar-refractivity contribution in [2.24, 2.45) is 0 Å². The second-order valence-corrected chi connectivity index (χ2v) is 7.95. The number of nitrogens with one attached hydrogen (secondary N) is 1. The summed E-state index contributed by atoms with van der Waals surface area (Å²) >= 11 is 12.0. The van der Waals surface area contributed by atoms with Gasteiger partial charge in [-0.1, -0.05) is 90.0 Å². The molecule has 4 rings (SSSR count). The zero-order valence-corrected chi connectivity index (χ0v) is 17.8. The Balaban J connectivity index is 1.28. The van der Waals surface area contributed by atoms with Gasteiger partial charge in [0.2, 0.25) is 0 Å². The second-order valence-electron chi connectivity index (χ2n) is 7.11. The number of rotatable bonds is 6. The summed E-state index contributed by atoms with van der Waals surface area (Å²) < 4.78 is 5.53. The second kappa shape index (κ2) is 9.38. The van der Waals surface area contributed by atoms with Crippen LogP contribution in [0.2, 0.25) is 10.0 Å². The van der Waals surface area contributed by atoms with E-state index < -0.39 is 6.09 Å². The average Bonchev–Trinajstić information content (AvgIpc) is 3.07. The predicted octanol–water partition coefficient (Wildman–Crippen LogP) is 6.94. The van der Waals surface area contributed by atoms with Crippen molar-refractivity contribution in [1.29, 1.82) is 0 Å². The van der Waals surface area contributed by atoms with Crippen LogP contribution < -0.4 is 5.32 Å². The summed E-state index contributed by atoms with van der Waals surface area (Å²) in [6.07, 6.45) is 4.13. The van der Waals surface area contributed by atoms with Crippen LogP contribution in [0.25, 0.3) is 17.2 Å². The van der Waals surface area contributed by atoms with Crippen molar-refractivity contribution in [3.05, 3.63) is 99.5 Å². The molecule has 0 unspecified atom stereocenters. The van der Waals surface area contributed by atoms with Gasteiger partial charge in [-0.3, -0.25) is 0 Å². The van der Waals surface area contributed by atoms with Crippen molar-refractivity contribution < 1.29 is 9.53 Å². The summed E-state index contributed by atoms with van der Waals surface area (Å²) in [5.74, 6) is 0.0649. The van der Waals surface area contributed by atoms with E-state index in [1.54, 1.807) is 12.1 Å². The number of hydrogen-bond donors (Lipinski definition) is 1. The highest BCUT2D eigenvalue weighted by Crippen LogP contribution is 2.44. The van der Waals surface area contributed by atoms with Crippen LogP contribution in [-0.2, 0) is 4.74 Å². The van der Waals surface area contributed by atoms with Crippen LogP contribution in [0.5, 0.6) is 0 Å². The van der Waals surface area contributed by atoms with Crippen LogP contribution in [0.1, 0.15) is 29.0 Å². The molecule has 0 heterocycles. The van der Waals surface area contributed by atoms with Gasteiger partial charge >= 0.3 is 6.09 Å². The van der Waals surface area contributed by atoms with Gasteiger partial charge in [0.15, 0.2) is 0 Å². The number of ether oxygens (including phenoxy) is 1. The molecule has 1 amide bonds. The Hall–Kier alpha value is -2.75. The van der Waals surface area contributed by atoms with Gasteiger partial charge in [-0.15, -0.1) is 0 Å². The molecular formula is C25H21Cl2NO2. The minimum atomic E-state index is -0.408. The Kier molecular flexibility index (Phi) is 6.41. The maximum absolute atomic E-state index is 12.2. The fourth-order valence-corrected chi connectivity index (χ4v) is 4.23. The third-order valence-corrected chi connectivity index (χ3v) is 5.75. The van der Waals surface area contributed by atoms with Crippen molar-refractivity contribution in [3.8, 4) is 11.1 Å². The number of hydrogen-bond acceptors (Lipinski definition) is 2. The van der Waals surface area contributed by atoms with Crippen molar-refractivity contribution in [1.82, 2.24) is 5.32 Å². The lowest BCUT2D eigenvalue weighted by Gasteiger charge is -2.14. The molecule has 0 saturated carbocycles. The molecule has 3 aromatic rings. The zero-order chi connectivity index (χ0) is 20.9. The molecule has 1 N–H and O–H groups in total. The Morgan fingerprint density at radius 1 is 0.967 bits per heavy atom. The minimum absolute atomic E-state index is 0.0649. The number of fused-ring (bicyclic) bond motifs is 3. The van der Waals surface area contributed by atoms with E-state index in [4.69, 9.17) is 27.9 Å². The largest absolute Gasteiger partial charge is 0.449 e. The third-order valence-electron chi connectivity index (χ3n) is 5.18. The molecule has 1 aliphatic rings. The smallest absolute Gasteiger partial charge is 0.407 e. The van der Waals surface area contributed by atoms with Crippen molar-refractivity contribution >= 4 is 35.4 Å². The maximum Gasteiger partial charge on any atom is 0.407 e. The van der Waals surface area contributed by atoms with E-state index in [2.05, 4.69) is 29.6 Å². The van der Waals surface area contributed by atoms with Crippen LogP contribution in [0.15, 0.2) is 72.8 Å². The number of carbonyl (C=O) groups is 1. The third kappa shape index (κ3) is 4.53. The van der Waals surface area contributed by atoms with Crippen LogP contribution in [-0.4, -0.2) is 19.2 Å². The van der Waals surface area contributed by atoms with Crippen molar-refractivity contribution in [2.45, 2.75) is 12.3 Å². The lowest BCUT2D eigenvalue weighted by molar-refractivity contribution is 0.143. The molecule has 30 heavy (non-hydrogen) atoms. The molecule has 0 saturated heterocycles. The van der Waals surface area contributed by atoms with Gasteiger partial charge in [0.05, 0.1) is 0 Å². The summed E-state index contributed by atoms with van der Waals surface area (Å²) in [5.41, 5.74) is 5.73. The summed E-state index contributed by atoms with van der Waals surface area (Å²) in [4.78, 5) is 12.2. The Labute approximate surface area is 186 Å². The molecule has 152 valence electrons. The predicted molar refractivity (Wildman–Crippen MR) is 123 cm³/mol. The van der Waals surface area contributed by atoms with Gasteiger partial charge in [0.25, 0.3) is 0 Å². The molecule has 1 aliphatic carbocycles. The Bertz CT molecular complexity index is 1050. The van der Waals surface area contributed by atoms with E-state index in [1.807, 2.05) is 42.5 Å². The first-order valence-corrected chi connectivity index (χ1v) is 10.6. The van der Waals surface area contributed by atoms with E-state index in [1.165, 1.54) is 22.3 Å². The number of amides is 1. The van der Waals surface area contributed by atoms with Gasteiger partial charge < -0.3 is 10.1 Å². The molecule has 0 aromatic heterocycles. The Morgan fingerprint density at radius 3 is 2.30 bits per heavy atom. The van der Waals surface area contributed by atoms with Crippen molar-refractivity contribution in [2.75, 3.05) is 13.2 Å². The fourth-order valence-electron chi connectivity index (χ4n) is 3.75. The number of alkyl carbamates (subject to hydrolysis) is 1. The average molecular weight is 438 g/mol. The van der Waals surface area contributed by atoms with Crippen LogP contribution in [0.3, 0.4) is 0 Å². The minimum Gasteiger partial charge on any atom is -0.449 e. The molecule has 0 aliphatic heterocycles. The summed E-state index contributed by atoms with van der Waals surface area (Å²) in [7, 11) is 0. The van der Waals surface area contributed by atoms with Gasteiger partial charge in [-0.2, -0.15) is 0 Å². The first kappa shape index (κ1) is 20.5. The Morgan fingerprint density at radius 2 is 1.63 bits per heavy atom. The summed E-state index contributed by atoms with van der Waals surface area (Å²) in [5, 5.41) is 4.00. The van der Waals surface area contributed by atoms with Crippen LogP contribution in [0.4, 0.5) is 4.79 Å². The summed E-state index contributed by atoms with van der Waals surface area (Å²) in [6.45, 7) is 0.800. The van der Waals surface area contributed by atoms with E-state index >= 15 is 0 Å². The van der Waals surface area contributed by atoms with E-state index in [9.17, 15) is 4.79 Å². The molecule has 0 radical (unpaired) electrons. The SMILES string of the molecule is O=C(NCCC=Cc1ccc(Cl)cc1Cl)OCC1c2ccccc2-c2ccccc21. The van der Waals surface area contributed by atoms with Gasteiger partial charge in [0, 0.05) is 22.5 Å². The number of halogens is 2. The maximum atomic E-state index is 12.2. The molecule has 5 heteroatoms. The highest BCUT2D eigenvalue weighted by Gasteiger charge is 2.28. The lowest BCUT2D eigenvalue weighted by atomic mass is 9.98. The molecule has 0 fully saturated rings. The molecule has 0 atom stereocenters. The van der Waals surface area contributed by atoms with Crippen LogP contribution in [0, 0.1) is 0 Å². The van der Waals surface area contributed by atoms with E-state index in [0.717, 1.165) is 5.56 Å². The lowest BCUT2D eigenvalue weighted by Crippen LogP contribution is -2.26. The normalized spacial score (nSPS) is 12.6. The standard InChI is InChI=1S/C25H21Cl2NO2/c26-18-13-12-17(24(27)15-18)7-5-6-14-28-25(29)30-16-23-21-10-3-1-8-19(21)20-9-2-4-11-22(20)23/h1-5,7-13,15,23H,6,14,16H2,(H,28,29). The molecular weight excluding hydrogens is 417 g/mol. The van der Waals surface area contributed by atoms with E-state index in [-0.39, 0.29) is 5.92 Å². The topological polar surface area (TPSA) is 38.3 Å². The van der Waals surface area contributed by atoms with Gasteiger partial charge in [-0.25, -0.2) is 4.79 Å².